The lowest BCUT2D eigenvalue weighted by Crippen LogP contribution is -1.93. The van der Waals surface area contributed by atoms with Crippen molar-refractivity contribution >= 4 is 6.08 Å². The van der Waals surface area contributed by atoms with E-state index in [1.807, 2.05) is 68.5 Å². The maximum atomic E-state index is 5.96. The van der Waals surface area contributed by atoms with Gasteiger partial charge in [0.1, 0.15) is 5.75 Å². The van der Waals surface area contributed by atoms with Crippen molar-refractivity contribution in [2.75, 3.05) is 7.11 Å². The second-order valence-corrected chi connectivity index (χ2v) is 4.25. The highest BCUT2D eigenvalue weighted by Gasteiger charge is 2.10. The van der Waals surface area contributed by atoms with E-state index in [1.54, 1.807) is 7.11 Å². The van der Waals surface area contributed by atoms with Crippen molar-refractivity contribution in [3.63, 3.8) is 0 Å². The molecule has 0 aliphatic carbocycles. The van der Waals surface area contributed by atoms with Crippen LogP contribution in [0.4, 0.5) is 0 Å². The third-order valence-electron chi connectivity index (χ3n) is 2.87. The molecule has 0 N–H and O–H groups in total. The molecule has 2 heteroatoms. The van der Waals surface area contributed by atoms with E-state index in [0.717, 1.165) is 28.4 Å². The molecule has 2 nitrogen and oxygen atoms in total. The summed E-state index contributed by atoms with van der Waals surface area (Å²) in [5.74, 6) is 2.33. The van der Waals surface area contributed by atoms with Crippen molar-refractivity contribution in [3.05, 3.63) is 59.7 Å². The van der Waals surface area contributed by atoms with Gasteiger partial charge in [-0.3, -0.25) is 0 Å². The zero-order valence-corrected chi connectivity index (χ0v) is 11.5. The van der Waals surface area contributed by atoms with E-state index in [1.165, 1.54) is 0 Å². The fourth-order valence-corrected chi connectivity index (χ4v) is 1.93. The second-order valence-electron chi connectivity index (χ2n) is 4.25. The molecular weight excluding hydrogens is 236 g/mol. The predicted molar refractivity (Wildman–Crippen MR) is 79.0 cm³/mol. The van der Waals surface area contributed by atoms with Gasteiger partial charge >= 0.3 is 0 Å². The number of para-hydroxylation sites is 2. The fraction of sp³-hybridized carbons (Fsp3) is 0.176. The zero-order valence-electron chi connectivity index (χ0n) is 11.5. The van der Waals surface area contributed by atoms with Gasteiger partial charge in [0.25, 0.3) is 0 Å². The summed E-state index contributed by atoms with van der Waals surface area (Å²) in [6, 6.07) is 13.8. The summed E-state index contributed by atoms with van der Waals surface area (Å²) >= 11 is 0. The van der Waals surface area contributed by atoms with Gasteiger partial charge in [-0.05, 0) is 31.5 Å². The third-order valence-corrected chi connectivity index (χ3v) is 2.87. The minimum atomic E-state index is 0.729. The molecule has 0 aliphatic rings. The van der Waals surface area contributed by atoms with Gasteiger partial charge in [0.2, 0.25) is 0 Å². The highest BCUT2D eigenvalue weighted by atomic mass is 16.5. The van der Waals surface area contributed by atoms with E-state index in [2.05, 4.69) is 0 Å². The zero-order chi connectivity index (χ0) is 13.7. The van der Waals surface area contributed by atoms with Gasteiger partial charge < -0.3 is 9.47 Å². The van der Waals surface area contributed by atoms with Crippen LogP contribution in [0.25, 0.3) is 6.08 Å². The molecule has 0 saturated heterocycles. The van der Waals surface area contributed by atoms with Crippen molar-refractivity contribution in [2.45, 2.75) is 13.8 Å². The molecule has 0 spiro atoms. The Morgan fingerprint density at radius 1 is 0.947 bits per heavy atom. The number of hydrogen-bond acceptors (Lipinski definition) is 2. The van der Waals surface area contributed by atoms with Crippen molar-refractivity contribution in [1.29, 1.82) is 0 Å². The molecule has 0 atom stereocenters. The first-order valence-corrected chi connectivity index (χ1v) is 6.29. The molecule has 19 heavy (non-hydrogen) atoms. The van der Waals surface area contributed by atoms with Crippen LogP contribution in [0.15, 0.2) is 48.5 Å². The average Bonchev–Trinajstić information content (AvgIpc) is 2.42. The van der Waals surface area contributed by atoms with Crippen LogP contribution in [0.1, 0.15) is 18.1 Å². The number of aryl methyl sites for hydroxylation is 1. The minimum absolute atomic E-state index is 0.729. The quantitative estimate of drug-likeness (QED) is 0.778. The molecule has 98 valence electrons. The Bertz CT molecular complexity index is 586. The number of allylic oxidation sites excluding steroid dienone is 1. The van der Waals surface area contributed by atoms with Gasteiger partial charge in [-0.2, -0.15) is 0 Å². The third kappa shape index (κ3) is 2.97. The van der Waals surface area contributed by atoms with Gasteiger partial charge in [0.05, 0.1) is 7.11 Å². The molecule has 0 radical (unpaired) electrons. The Morgan fingerprint density at radius 3 is 2.37 bits per heavy atom. The standard InChI is InChI=1S/C17H18O2/c1-4-8-14-10-7-12-16(17(14)18-3)19-15-11-6-5-9-13(15)2/h4-12H,1-3H3/b8-4-. The summed E-state index contributed by atoms with van der Waals surface area (Å²) in [6.07, 6.45) is 3.99. The van der Waals surface area contributed by atoms with Crippen LogP contribution in [0.2, 0.25) is 0 Å². The molecule has 0 heterocycles. The van der Waals surface area contributed by atoms with Crippen molar-refractivity contribution < 1.29 is 9.47 Å². The number of rotatable bonds is 4. The maximum absolute atomic E-state index is 5.96. The molecule has 2 aromatic rings. The van der Waals surface area contributed by atoms with Crippen LogP contribution in [-0.4, -0.2) is 7.11 Å². The van der Waals surface area contributed by atoms with Crippen LogP contribution < -0.4 is 9.47 Å². The Hall–Kier alpha value is -2.22. The normalized spacial score (nSPS) is 10.7. The molecule has 0 unspecified atom stereocenters. The summed E-state index contributed by atoms with van der Waals surface area (Å²) in [6.45, 7) is 4.01. The lowest BCUT2D eigenvalue weighted by atomic mass is 10.1. The SMILES string of the molecule is C/C=C\c1cccc(Oc2ccccc2C)c1OC. The Labute approximate surface area is 114 Å². The van der Waals surface area contributed by atoms with E-state index < -0.39 is 0 Å². The van der Waals surface area contributed by atoms with Gasteiger partial charge in [-0.1, -0.05) is 42.5 Å². The largest absolute Gasteiger partial charge is 0.492 e. The molecule has 0 saturated carbocycles. The number of ether oxygens (including phenoxy) is 2. The Kier molecular flexibility index (Phi) is 4.24. The average molecular weight is 254 g/mol. The van der Waals surface area contributed by atoms with Crippen molar-refractivity contribution in [1.82, 2.24) is 0 Å². The lowest BCUT2D eigenvalue weighted by molar-refractivity contribution is 0.377. The summed E-state index contributed by atoms with van der Waals surface area (Å²) < 4.78 is 11.4. The summed E-state index contributed by atoms with van der Waals surface area (Å²) in [4.78, 5) is 0. The highest BCUT2D eigenvalue weighted by molar-refractivity contribution is 5.62. The summed E-state index contributed by atoms with van der Waals surface area (Å²) in [7, 11) is 1.66. The number of hydrogen-bond donors (Lipinski definition) is 0. The molecular formula is C17H18O2. The Morgan fingerprint density at radius 2 is 1.68 bits per heavy atom. The first-order valence-electron chi connectivity index (χ1n) is 6.29. The number of benzene rings is 2. The van der Waals surface area contributed by atoms with Gasteiger partial charge in [-0.25, -0.2) is 0 Å². The van der Waals surface area contributed by atoms with Crippen molar-refractivity contribution in [2.24, 2.45) is 0 Å². The molecule has 0 aromatic heterocycles. The van der Waals surface area contributed by atoms with E-state index in [9.17, 15) is 0 Å². The molecule has 0 bridgehead atoms. The summed E-state index contributed by atoms with van der Waals surface area (Å²) in [5.41, 5.74) is 2.11. The van der Waals surface area contributed by atoms with E-state index in [0.29, 0.717) is 0 Å². The van der Waals surface area contributed by atoms with Crippen molar-refractivity contribution in [3.8, 4) is 17.2 Å². The van der Waals surface area contributed by atoms with E-state index in [-0.39, 0.29) is 0 Å². The Balaban J connectivity index is 2.40. The first-order chi connectivity index (χ1) is 9.26. The smallest absolute Gasteiger partial charge is 0.169 e. The van der Waals surface area contributed by atoms with Crippen LogP contribution in [0, 0.1) is 6.92 Å². The highest BCUT2D eigenvalue weighted by Crippen LogP contribution is 2.36. The molecule has 0 fully saturated rings. The van der Waals surface area contributed by atoms with Gasteiger partial charge in [0.15, 0.2) is 11.5 Å². The fourth-order valence-electron chi connectivity index (χ4n) is 1.93. The number of methoxy groups -OCH3 is 1. The van der Waals surface area contributed by atoms with Crippen LogP contribution in [0.3, 0.4) is 0 Å². The van der Waals surface area contributed by atoms with Gasteiger partial charge in [-0.15, -0.1) is 0 Å². The van der Waals surface area contributed by atoms with Crippen LogP contribution >= 0.6 is 0 Å². The van der Waals surface area contributed by atoms with E-state index in [4.69, 9.17) is 9.47 Å². The molecule has 2 rings (SSSR count). The van der Waals surface area contributed by atoms with Crippen LogP contribution in [0.5, 0.6) is 17.2 Å². The monoisotopic (exact) mass is 254 g/mol. The molecule has 2 aromatic carbocycles. The first kappa shape index (κ1) is 13.2. The van der Waals surface area contributed by atoms with E-state index >= 15 is 0 Å². The lowest BCUT2D eigenvalue weighted by Gasteiger charge is -2.13. The van der Waals surface area contributed by atoms with Crippen LogP contribution in [-0.2, 0) is 0 Å². The second kappa shape index (κ2) is 6.10. The van der Waals surface area contributed by atoms with Gasteiger partial charge in [0, 0.05) is 5.56 Å². The minimum Gasteiger partial charge on any atom is -0.492 e. The maximum Gasteiger partial charge on any atom is 0.169 e. The summed E-state index contributed by atoms with van der Waals surface area (Å²) in [5, 5.41) is 0. The topological polar surface area (TPSA) is 18.5 Å². The molecule has 0 amide bonds. The molecule has 0 aliphatic heterocycles. The predicted octanol–water partition coefficient (Wildman–Crippen LogP) is 4.83.